The summed E-state index contributed by atoms with van der Waals surface area (Å²) in [7, 11) is 4.15. The smallest absolute Gasteiger partial charge is 0.193 e. The Labute approximate surface area is 146 Å². The molecule has 1 N–H and O–H groups in total. The van der Waals surface area contributed by atoms with Gasteiger partial charge in [-0.05, 0) is 26.2 Å². The molecule has 0 aliphatic carbocycles. The van der Waals surface area contributed by atoms with E-state index in [-0.39, 0.29) is 0 Å². The Balaban J connectivity index is 2.12. The highest BCUT2D eigenvalue weighted by molar-refractivity contribution is 5.79. The highest BCUT2D eigenvalue weighted by Gasteiger charge is 2.19. The SMILES string of the molecule is CCNC(=NCc1c(CC)nn(C)c1CC)N(C)CC1CCOC1. The van der Waals surface area contributed by atoms with E-state index in [0.29, 0.717) is 12.5 Å². The fourth-order valence-corrected chi connectivity index (χ4v) is 3.40. The molecule has 1 aliphatic heterocycles. The maximum absolute atomic E-state index is 5.49. The number of aliphatic imine (C=N–C) groups is 1. The zero-order valence-corrected chi connectivity index (χ0v) is 15.9. The molecule has 1 aromatic heterocycles. The van der Waals surface area contributed by atoms with Gasteiger partial charge < -0.3 is 15.0 Å². The summed E-state index contributed by atoms with van der Waals surface area (Å²) in [6, 6.07) is 0. The Kier molecular flexibility index (Phi) is 7.09. The lowest BCUT2D eigenvalue weighted by Crippen LogP contribution is -2.41. The molecular formula is C18H33N5O. The molecule has 2 rings (SSSR count). The van der Waals surface area contributed by atoms with Crippen LogP contribution in [0, 0.1) is 5.92 Å². The number of ether oxygens (including phenoxy) is 1. The number of rotatable bonds is 7. The summed E-state index contributed by atoms with van der Waals surface area (Å²) in [4.78, 5) is 7.13. The van der Waals surface area contributed by atoms with Crippen molar-refractivity contribution in [3.63, 3.8) is 0 Å². The molecule has 0 saturated carbocycles. The minimum absolute atomic E-state index is 0.606. The van der Waals surface area contributed by atoms with Crippen molar-refractivity contribution >= 4 is 5.96 Å². The molecule has 0 aromatic carbocycles. The van der Waals surface area contributed by atoms with Crippen molar-refractivity contribution in [3.05, 3.63) is 17.0 Å². The first kappa shape index (κ1) is 18.8. The maximum atomic E-state index is 5.49. The molecule has 1 fully saturated rings. The lowest BCUT2D eigenvalue weighted by Gasteiger charge is -2.24. The van der Waals surface area contributed by atoms with E-state index in [4.69, 9.17) is 9.73 Å². The lowest BCUT2D eigenvalue weighted by atomic mass is 10.1. The van der Waals surface area contributed by atoms with Crippen molar-refractivity contribution in [3.8, 4) is 0 Å². The minimum atomic E-state index is 0.606. The normalized spacial score (nSPS) is 18.2. The third-order valence-electron chi connectivity index (χ3n) is 4.67. The molecule has 0 amide bonds. The molecule has 0 radical (unpaired) electrons. The van der Waals surface area contributed by atoms with Gasteiger partial charge in [-0.3, -0.25) is 4.68 Å². The van der Waals surface area contributed by atoms with Gasteiger partial charge in [-0.2, -0.15) is 5.10 Å². The average Bonchev–Trinajstić information content (AvgIpc) is 3.18. The Hall–Kier alpha value is -1.56. The van der Waals surface area contributed by atoms with Crippen LogP contribution in [0.15, 0.2) is 4.99 Å². The largest absolute Gasteiger partial charge is 0.381 e. The van der Waals surface area contributed by atoms with Gasteiger partial charge in [0.2, 0.25) is 0 Å². The maximum Gasteiger partial charge on any atom is 0.193 e. The van der Waals surface area contributed by atoms with Crippen LogP contribution in [0.25, 0.3) is 0 Å². The van der Waals surface area contributed by atoms with E-state index in [2.05, 4.69) is 43.1 Å². The van der Waals surface area contributed by atoms with Crippen LogP contribution in [0.3, 0.4) is 0 Å². The van der Waals surface area contributed by atoms with Crippen LogP contribution in [0.1, 0.15) is 44.1 Å². The van der Waals surface area contributed by atoms with E-state index < -0.39 is 0 Å². The molecule has 1 aliphatic rings. The zero-order chi connectivity index (χ0) is 17.5. The summed E-state index contributed by atoms with van der Waals surface area (Å²) in [5, 5.41) is 8.06. The lowest BCUT2D eigenvalue weighted by molar-refractivity contribution is 0.181. The van der Waals surface area contributed by atoms with Crippen LogP contribution in [0.4, 0.5) is 0 Å². The average molecular weight is 335 g/mol. The van der Waals surface area contributed by atoms with Gasteiger partial charge in [0.1, 0.15) is 0 Å². The highest BCUT2D eigenvalue weighted by Crippen LogP contribution is 2.17. The zero-order valence-electron chi connectivity index (χ0n) is 15.9. The molecule has 6 heteroatoms. The van der Waals surface area contributed by atoms with E-state index in [1.165, 1.54) is 17.0 Å². The van der Waals surface area contributed by atoms with Crippen molar-refractivity contribution in [1.82, 2.24) is 20.0 Å². The Bertz CT molecular complexity index is 546. The van der Waals surface area contributed by atoms with Crippen molar-refractivity contribution in [2.45, 2.75) is 46.6 Å². The van der Waals surface area contributed by atoms with E-state index in [9.17, 15) is 0 Å². The topological polar surface area (TPSA) is 54.7 Å². The first-order valence-electron chi connectivity index (χ1n) is 9.21. The molecule has 1 atom stereocenters. The second-order valence-corrected chi connectivity index (χ2v) is 6.48. The monoisotopic (exact) mass is 335 g/mol. The van der Waals surface area contributed by atoms with Crippen LogP contribution in [0.5, 0.6) is 0 Å². The number of hydrogen-bond acceptors (Lipinski definition) is 3. The number of hydrogen-bond donors (Lipinski definition) is 1. The van der Waals surface area contributed by atoms with Gasteiger partial charge in [0.05, 0.1) is 18.8 Å². The van der Waals surface area contributed by atoms with Gasteiger partial charge >= 0.3 is 0 Å². The molecule has 24 heavy (non-hydrogen) atoms. The molecule has 136 valence electrons. The fraction of sp³-hybridized carbons (Fsp3) is 0.778. The van der Waals surface area contributed by atoms with Crippen molar-refractivity contribution in [2.75, 3.05) is 33.4 Å². The van der Waals surface area contributed by atoms with Gasteiger partial charge in [0, 0.05) is 51.0 Å². The van der Waals surface area contributed by atoms with Crippen LogP contribution in [0.2, 0.25) is 0 Å². The summed E-state index contributed by atoms with van der Waals surface area (Å²) < 4.78 is 7.50. The second kappa shape index (κ2) is 9.06. The molecule has 1 aromatic rings. The number of nitrogens with zero attached hydrogens (tertiary/aromatic N) is 4. The van der Waals surface area contributed by atoms with Gasteiger partial charge in [-0.15, -0.1) is 0 Å². The first-order chi connectivity index (χ1) is 11.6. The van der Waals surface area contributed by atoms with Crippen molar-refractivity contribution in [2.24, 2.45) is 18.0 Å². The molecule has 0 spiro atoms. The van der Waals surface area contributed by atoms with Crippen LogP contribution >= 0.6 is 0 Å². The summed E-state index contributed by atoms with van der Waals surface area (Å²) in [6.45, 7) is 10.8. The molecular weight excluding hydrogens is 302 g/mol. The molecule has 1 saturated heterocycles. The summed E-state index contributed by atoms with van der Waals surface area (Å²) in [5.74, 6) is 1.58. The molecule has 6 nitrogen and oxygen atoms in total. The number of guanidine groups is 1. The molecule has 1 unspecified atom stereocenters. The minimum Gasteiger partial charge on any atom is -0.381 e. The van der Waals surface area contributed by atoms with Gasteiger partial charge in [-0.1, -0.05) is 13.8 Å². The third-order valence-corrected chi connectivity index (χ3v) is 4.67. The van der Waals surface area contributed by atoms with E-state index in [1.54, 1.807) is 0 Å². The van der Waals surface area contributed by atoms with E-state index in [0.717, 1.165) is 51.5 Å². The quantitative estimate of drug-likeness (QED) is 0.611. The Morgan fingerprint density at radius 3 is 2.75 bits per heavy atom. The summed E-state index contributed by atoms with van der Waals surface area (Å²) in [5.41, 5.74) is 3.74. The number of aromatic nitrogens is 2. The van der Waals surface area contributed by atoms with Gasteiger partial charge in [-0.25, -0.2) is 4.99 Å². The fourth-order valence-electron chi connectivity index (χ4n) is 3.40. The van der Waals surface area contributed by atoms with Crippen LogP contribution in [-0.4, -0.2) is 54.0 Å². The highest BCUT2D eigenvalue weighted by atomic mass is 16.5. The first-order valence-corrected chi connectivity index (χ1v) is 9.21. The number of aryl methyl sites for hydroxylation is 2. The van der Waals surface area contributed by atoms with Crippen LogP contribution in [-0.2, 0) is 31.2 Å². The van der Waals surface area contributed by atoms with Crippen LogP contribution < -0.4 is 5.32 Å². The predicted molar refractivity (Wildman–Crippen MR) is 98.3 cm³/mol. The molecule has 2 heterocycles. The standard InChI is InChI=1S/C18H33N5O/c1-6-16-15(17(7-2)23(5)21-16)11-20-18(19-8-3)22(4)12-14-9-10-24-13-14/h14H,6-13H2,1-5H3,(H,19,20). The predicted octanol–water partition coefficient (Wildman–Crippen LogP) is 1.98. The third kappa shape index (κ3) is 4.50. The van der Waals surface area contributed by atoms with Crippen molar-refractivity contribution in [1.29, 1.82) is 0 Å². The van der Waals surface area contributed by atoms with Crippen molar-refractivity contribution < 1.29 is 4.74 Å². The van der Waals surface area contributed by atoms with E-state index in [1.807, 2.05) is 11.7 Å². The van der Waals surface area contributed by atoms with Gasteiger partial charge in [0.25, 0.3) is 0 Å². The van der Waals surface area contributed by atoms with Gasteiger partial charge in [0.15, 0.2) is 5.96 Å². The number of nitrogens with one attached hydrogen (secondary N) is 1. The summed E-state index contributed by atoms with van der Waals surface area (Å²) >= 11 is 0. The summed E-state index contributed by atoms with van der Waals surface area (Å²) in [6.07, 6.45) is 3.08. The van der Waals surface area contributed by atoms with E-state index >= 15 is 0 Å². The second-order valence-electron chi connectivity index (χ2n) is 6.48. The molecule has 0 bridgehead atoms. The Morgan fingerprint density at radius 1 is 1.38 bits per heavy atom. The Morgan fingerprint density at radius 2 is 2.17 bits per heavy atom.